The van der Waals surface area contributed by atoms with Gasteiger partial charge in [-0.1, -0.05) is 0 Å². The van der Waals surface area contributed by atoms with Gasteiger partial charge in [-0.25, -0.2) is 8.42 Å². The van der Waals surface area contributed by atoms with Gasteiger partial charge < -0.3 is 14.2 Å². The van der Waals surface area contributed by atoms with Crippen LogP contribution in [0.1, 0.15) is 41.5 Å². The summed E-state index contributed by atoms with van der Waals surface area (Å²) in [6.07, 6.45) is 1.90. The summed E-state index contributed by atoms with van der Waals surface area (Å²) in [5.41, 5.74) is 1.88. The summed E-state index contributed by atoms with van der Waals surface area (Å²) < 4.78 is 36.2. The van der Waals surface area contributed by atoms with Gasteiger partial charge in [0, 0.05) is 37.2 Å². The number of nitrogens with one attached hydrogen (secondary N) is 1. The highest BCUT2D eigenvalue weighted by atomic mass is 32.2. The van der Waals surface area contributed by atoms with E-state index in [4.69, 9.17) is 4.74 Å². The fraction of sp³-hybridized carbons (Fsp3) is 0.450. The second-order valence-corrected chi connectivity index (χ2v) is 8.62. The molecule has 2 aromatic rings. The normalized spacial score (nSPS) is 14.4. The molecule has 7 nitrogen and oxygen atoms in total. The average molecular weight is 406 g/mol. The zero-order valence-corrected chi connectivity index (χ0v) is 17.6. The van der Waals surface area contributed by atoms with Crippen LogP contribution in [0.4, 0.5) is 5.69 Å². The van der Waals surface area contributed by atoms with E-state index < -0.39 is 10.0 Å². The van der Waals surface area contributed by atoms with E-state index in [1.165, 1.54) is 0 Å². The number of rotatable bonds is 6. The Morgan fingerprint density at radius 1 is 1.11 bits per heavy atom. The van der Waals surface area contributed by atoms with Crippen molar-refractivity contribution >= 4 is 21.6 Å². The zero-order chi connectivity index (χ0) is 20.5. The third kappa shape index (κ3) is 3.73. The van der Waals surface area contributed by atoms with E-state index in [0.717, 1.165) is 12.8 Å². The van der Waals surface area contributed by atoms with E-state index in [1.54, 1.807) is 54.6 Å². The Balaban J connectivity index is 1.99. The van der Waals surface area contributed by atoms with Gasteiger partial charge in [-0.05, 0) is 57.9 Å². The molecular weight excluding hydrogens is 378 g/mol. The molecule has 2 heterocycles. The number of likely N-dealkylation sites (tertiary alicyclic amines) is 1. The lowest BCUT2D eigenvalue weighted by molar-refractivity contribution is 0.0788. The van der Waals surface area contributed by atoms with Crippen molar-refractivity contribution in [2.45, 2.75) is 38.5 Å². The molecule has 0 bridgehead atoms. The summed E-state index contributed by atoms with van der Waals surface area (Å²) in [6, 6.07) is 6.72. The summed E-state index contributed by atoms with van der Waals surface area (Å²) in [7, 11) is -2.16. The molecule has 1 fully saturated rings. The first-order valence-electron chi connectivity index (χ1n) is 9.47. The molecule has 0 spiro atoms. The molecule has 0 radical (unpaired) electrons. The van der Waals surface area contributed by atoms with Crippen molar-refractivity contribution in [1.82, 2.24) is 9.47 Å². The van der Waals surface area contributed by atoms with Crippen LogP contribution in [0.5, 0.6) is 5.75 Å². The Hall–Kier alpha value is -2.48. The number of ether oxygens (including phenoxy) is 1. The molecule has 1 N–H and O–H groups in total. The van der Waals surface area contributed by atoms with E-state index in [9.17, 15) is 13.2 Å². The van der Waals surface area contributed by atoms with E-state index in [2.05, 4.69) is 4.72 Å². The molecule has 0 saturated carbocycles. The average Bonchev–Trinajstić information content (AvgIpc) is 3.26. The monoisotopic (exact) mass is 405 g/mol. The highest BCUT2D eigenvalue weighted by Gasteiger charge is 2.33. The number of aromatic nitrogens is 1. The van der Waals surface area contributed by atoms with Gasteiger partial charge >= 0.3 is 0 Å². The lowest BCUT2D eigenvalue weighted by Gasteiger charge is -2.17. The molecule has 1 aliphatic rings. The first kappa shape index (κ1) is 20.3. The van der Waals surface area contributed by atoms with Gasteiger partial charge in [-0.3, -0.25) is 9.52 Å². The minimum Gasteiger partial charge on any atom is -0.494 e. The Kier molecular flexibility index (Phi) is 5.69. The van der Waals surface area contributed by atoms with Crippen LogP contribution in [0.2, 0.25) is 0 Å². The molecule has 1 saturated heterocycles. The van der Waals surface area contributed by atoms with Gasteiger partial charge in [0.2, 0.25) is 0 Å². The van der Waals surface area contributed by atoms with E-state index in [1.807, 2.05) is 6.92 Å². The highest BCUT2D eigenvalue weighted by Crippen LogP contribution is 2.30. The van der Waals surface area contributed by atoms with Crippen molar-refractivity contribution in [2.24, 2.45) is 7.05 Å². The van der Waals surface area contributed by atoms with Crippen molar-refractivity contribution < 1.29 is 17.9 Å². The summed E-state index contributed by atoms with van der Waals surface area (Å²) in [4.78, 5) is 14.9. The van der Waals surface area contributed by atoms with Crippen LogP contribution in [-0.4, -0.2) is 43.5 Å². The number of hydrogen-bond acceptors (Lipinski definition) is 4. The number of amides is 1. The number of carbonyl (C=O) groups is 1. The van der Waals surface area contributed by atoms with Crippen LogP contribution in [0.3, 0.4) is 0 Å². The smallest absolute Gasteiger partial charge is 0.264 e. The van der Waals surface area contributed by atoms with Crippen molar-refractivity contribution in [1.29, 1.82) is 0 Å². The van der Waals surface area contributed by atoms with Crippen molar-refractivity contribution in [2.75, 3.05) is 24.4 Å². The first-order valence-corrected chi connectivity index (χ1v) is 11.0. The largest absolute Gasteiger partial charge is 0.494 e. The predicted molar refractivity (Wildman–Crippen MR) is 108 cm³/mol. The minimum absolute atomic E-state index is 0.0540. The molecule has 152 valence electrons. The highest BCUT2D eigenvalue weighted by molar-refractivity contribution is 7.92. The van der Waals surface area contributed by atoms with Gasteiger partial charge in [0.25, 0.3) is 15.9 Å². The van der Waals surface area contributed by atoms with Crippen LogP contribution < -0.4 is 9.46 Å². The molecule has 1 amide bonds. The van der Waals surface area contributed by atoms with Crippen LogP contribution in [0.25, 0.3) is 0 Å². The Morgan fingerprint density at radius 2 is 1.71 bits per heavy atom. The molecule has 1 aliphatic heterocycles. The van der Waals surface area contributed by atoms with E-state index in [0.29, 0.717) is 42.5 Å². The van der Waals surface area contributed by atoms with E-state index in [-0.39, 0.29) is 16.4 Å². The zero-order valence-electron chi connectivity index (χ0n) is 16.8. The maximum Gasteiger partial charge on any atom is 0.264 e. The first-order chi connectivity index (χ1) is 13.3. The summed E-state index contributed by atoms with van der Waals surface area (Å²) in [5, 5.41) is 0. The van der Waals surface area contributed by atoms with Gasteiger partial charge in [0.1, 0.15) is 10.6 Å². The SMILES string of the molecule is CCOc1ccc(NS(=O)(=O)c2c(C(=O)N3CCCC3)c(C)n(C)c2C)cc1. The van der Waals surface area contributed by atoms with Gasteiger partial charge in [-0.15, -0.1) is 0 Å². The van der Waals surface area contributed by atoms with E-state index >= 15 is 0 Å². The lowest BCUT2D eigenvalue weighted by atomic mass is 10.2. The van der Waals surface area contributed by atoms with Crippen molar-refractivity contribution in [3.05, 3.63) is 41.2 Å². The Bertz CT molecular complexity index is 972. The molecule has 1 aromatic heterocycles. The fourth-order valence-electron chi connectivity index (χ4n) is 3.57. The third-order valence-electron chi connectivity index (χ3n) is 5.22. The lowest BCUT2D eigenvalue weighted by Crippen LogP contribution is -2.30. The molecule has 8 heteroatoms. The number of anilines is 1. The quantitative estimate of drug-likeness (QED) is 0.801. The maximum atomic E-state index is 13.2. The van der Waals surface area contributed by atoms with Gasteiger partial charge in [0.15, 0.2) is 0 Å². The van der Waals surface area contributed by atoms with Crippen molar-refractivity contribution in [3.8, 4) is 5.75 Å². The molecule has 0 unspecified atom stereocenters. The van der Waals surface area contributed by atoms with Gasteiger partial charge in [0.05, 0.1) is 12.2 Å². The number of hydrogen-bond donors (Lipinski definition) is 1. The number of benzene rings is 1. The minimum atomic E-state index is -3.94. The van der Waals surface area contributed by atoms with Crippen LogP contribution in [0.15, 0.2) is 29.2 Å². The topological polar surface area (TPSA) is 80.6 Å². The summed E-state index contributed by atoms with van der Waals surface area (Å²) in [5.74, 6) is 0.452. The summed E-state index contributed by atoms with van der Waals surface area (Å²) in [6.45, 7) is 7.26. The van der Waals surface area contributed by atoms with Gasteiger partial charge in [-0.2, -0.15) is 0 Å². The van der Waals surface area contributed by atoms with Crippen LogP contribution >= 0.6 is 0 Å². The summed E-state index contributed by atoms with van der Waals surface area (Å²) >= 11 is 0. The Morgan fingerprint density at radius 3 is 2.29 bits per heavy atom. The number of nitrogens with zero attached hydrogens (tertiary/aromatic N) is 2. The molecule has 28 heavy (non-hydrogen) atoms. The molecule has 1 aromatic carbocycles. The van der Waals surface area contributed by atoms with Crippen LogP contribution in [0, 0.1) is 13.8 Å². The predicted octanol–water partition coefficient (Wildman–Crippen LogP) is 3.08. The standard InChI is InChI=1S/C20H27N3O4S/c1-5-27-17-10-8-16(9-11-17)21-28(25,26)19-15(3)22(4)14(2)18(19)20(24)23-12-6-7-13-23/h8-11,21H,5-7,12-13H2,1-4H3. The molecule has 0 aliphatic carbocycles. The third-order valence-corrected chi connectivity index (χ3v) is 6.76. The number of carbonyl (C=O) groups excluding carboxylic acids is 1. The van der Waals surface area contributed by atoms with Crippen LogP contribution in [-0.2, 0) is 17.1 Å². The fourth-order valence-corrected chi connectivity index (χ4v) is 5.15. The Labute approximate surface area is 166 Å². The second kappa shape index (κ2) is 7.87. The second-order valence-electron chi connectivity index (χ2n) is 7.00. The molecule has 0 atom stereocenters. The number of sulfonamides is 1. The molecule has 3 rings (SSSR count). The van der Waals surface area contributed by atoms with Crippen molar-refractivity contribution in [3.63, 3.8) is 0 Å². The maximum absolute atomic E-state index is 13.2. The molecular formula is C20H27N3O4S.